The summed E-state index contributed by atoms with van der Waals surface area (Å²) in [5.74, 6) is -0.140. The van der Waals surface area contributed by atoms with E-state index in [0.717, 1.165) is 30.0 Å². The smallest absolute Gasteiger partial charge is 0.227 e. The number of carbonyl (C=O) groups is 1. The molecule has 7 nitrogen and oxygen atoms in total. The van der Waals surface area contributed by atoms with Crippen LogP contribution < -0.4 is 14.9 Å². The van der Waals surface area contributed by atoms with E-state index in [4.69, 9.17) is 11.6 Å². The lowest BCUT2D eigenvalue weighted by Crippen LogP contribution is -2.46. The van der Waals surface area contributed by atoms with E-state index in [9.17, 15) is 18.3 Å². The van der Waals surface area contributed by atoms with Gasteiger partial charge in [-0.3, -0.25) is 4.79 Å². The van der Waals surface area contributed by atoms with Crippen LogP contribution in [0.25, 0.3) is 0 Å². The number of benzene rings is 2. The third-order valence-corrected chi connectivity index (χ3v) is 10.2. The minimum atomic E-state index is -3.39. The summed E-state index contributed by atoms with van der Waals surface area (Å²) < 4.78 is 26.8. The van der Waals surface area contributed by atoms with Crippen LogP contribution in [0.4, 0.5) is 11.4 Å². The van der Waals surface area contributed by atoms with Crippen molar-refractivity contribution < 1.29 is 18.3 Å². The predicted octanol–water partition coefficient (Wildman–Crippen LogP) is 5.04. The van der Waals surface area contributed by atoms with E-state index in [1.807, 2.05) is 48.5 Å². The summed E-state index contributed by atoms with van der Waals surface area (Å²) in [6.07, 6.45) is 3.88. The second-order valence-electron chi connectivity index (χ2n) is 11.3. The van der Waals surface area contributed by atoms with Crippen LogP contribution in [0.2, 0.25) is 5.02 Å². The van der Waals surface area contributed by atoms with Gasteiger partial charge in [-0.2, -0.15) is 0 Å². The van der Waals surface area contributed by atoms with Crippen LogP contribution in [-0.4, -0.2) is 43.3 Å². The van der Waals surface area contributed by atoms with E-state index < -0.39 is 20.4 Å². The van der Waals surface area contributed by atoms with Crippen LogP contribution in [0.3, 0.4) is 0 Å². The molecule has 1 aliphatic carbocycles. The first-order valence-electron chi connectivity index (χ1n) is 13.0. The largest absolute Gasteiger partial charge is 0.385 e. The molecule has 1 heterocycles. The molecule has 2 fully saturated rings. The zero-order valence-electron chi connectivity index (χ0n) is 21.8. The maximum absolute atomic E-state index is 12.8. The highest BCUT2D eigenvalue weighted by Crippen LogP contribution is 2.35. The molecule has 0 unspecified atom stereocenters. The second-order valence-corrected chi connectivity index (χ2v) is 14.2. The number of carbonyl (C=O) groups excluding carboxylic acids is 1. The fourth-order valence-electron chi connectivity index (χ4n) is 5.05. The molecular weight excluding hydrogens is 510 g/mol. The Hall–Kier alpha value is -2.13. The summed E-state index contributed by atoms with van der Waals surface area (Å²) in [5, 5.41) is 14.8. The van der Waals surface area contributed by atoms with Crippen molar-refractivity contribution in [1.29, 1.82) is 0 Å². The Kier molecular flexibility index (Phi) is 8.24. The summed E-state index contributed by atoms with van der Waals surface area (Å²) in [7, 11) is -3.39. The van der Waals surface area contributed by atoms with E-state index >= 15 is 0 Å². The van der Waals surface area contributed by atoms with Crippen molar-refractivity contribution >= 4 is 38.9 Å². The Morgan fingerprint density at radius 1 is 0.973 bits per heavy atom. The normalized spacial score (nSPS) is 22.5. The molecule has 9 heteroatoms. The fourth-order valence-corrected chi connectivity index (χ4v) is 6.21. The van der Waals surface area contributed by atoms with Crippen LogP contribution in [0.5, 0.6) is 0 Å². The number of aliphatic hydroxyl groups is 1. The fraction of sp³-hybridized carbons (Fsp3) is 0.536. The Morgan fingerprint density at radius 3 is 2.08 bits per heavy atom. The zero-order chi connectivity index (χ0) is 26.8. The van der Waals surface area contributed by atoms with Crippen molar-refractivity contribution in [3.8, 4) is 0 Å². The zero-order valence-corrected chi connectivity index (χ0v) is 23.4. The van der Waals surface area contributed by atoms with Gasteiger partial charge in [0.2, 0.25) is 15.9 Å². The monoisotopic (exact) mass is 547 g/mol. The molecule has 0 aromatic heterocycles. The highest BCUT2D eigenvalue weighted by Gasteiger charge is 2.35. The van der Waals surface area contributed by atoms with Gasteiger partial charge in [0.1, 0.15) is 0 Å². The molecule has 37 heavy (non-hydrogen) atoms. The SMILES string of the molecule is CC(C)(C)S(=O)(=O)NC1CCC(C(=O)Nc2ccc(N3CCC(O)(c4ccc(Cl)cc4)CC3)cc2)CC1. The maximum Gasteiger partial charge on any atom is 0.227 e. The first-order chi connectivity index (χ1) is 17.4. The lowest BCUT2D eigenvalue weighted by atomic mass is 9.84. The molecule has 1 saturated carbocycles. The number of amides is 1. The van der Waals surface area contributed by atoms with Crippen LogP contribution in [0.15, 0.2) is 48.5 Å². The van der Waals surface area contributed by atoms with Crippen molar-refractivity contribution in [2.75, 3.05) is 23.3 Å². The van der Waals surface area contributed by atoms with Crippen LogP contribution in [0, 0.1) is 5.92 Å². The maximum atomic E-state index is 12.8. The minimum absolute atomic E-state index is 0.0177. The molecule has 2 aromatic rings. The third-order valence-electron chi connectivity index (χ3n) is 7.70. The Balaban J connectivity index is 1.26. The van der Waals surface area contributed by atoms with Gasteiger partial charge in [0, 0.05) is 41.4 Å². The van der Waals surface area contributed by atoms with Crippen LogP contribution in [-0.2, 0) is 20.4 Å². The lowest BCUT2D eigenvalue weighted by molar-refractivity contribution is -0.120. The molecule has 1 amide bonds. The van der Waals surface area contributed by atoms with Gasteiger partial charge >= 0.3 is 0 Å². The topological polar surface area (TPSA) is 98.7 Å². The highest BCUT2D eigenvalue weighted by atomic mass is 35.5. The average Bonchev–Trinajstić information content (AvgIpc) is 2.85. The van der Waals surface area contributed by atoms with Crippen molar-refractivity contribution in [2.45, 2.75) is 75.7 Å². The number of piperidine rings is 1. The summed E-state index contributed by atoms with van der Waals surface area (Å²) in [4.78, 5) is 15.1. The predicted molar refractivity (Wildman–Crippen MR) is 149 cm³/mol. The molecule has 0 spiro atoms. The van der Waals surface area contributed by atoms with Gasteiger partial charge in [-0.05, 0) is 101 Å². The Labute approximate surface area is 225 Å². The number of anilines is 2. The van der Waals surface area contributed by atoms with Crippen molar-refractivity contribution in [1.82, 2.24) is 4.72 Å². The molecule has 4 rings (SSSR count). The van der Waals surface area contributed by atoms with Crippen LogP contribution >= 0.6 is 11.6 Å². The Morgan fingerprint density at radius 2 is 1.54 bits per heavy atom. The number of halogens is 1. The van der Waals surface area contributed by atoms with Crippen molar-refractivity contribution in [2.24, 2.45) is 5.92 Å². The van der Waals surface area contributed by atoms with Crippen molar-refractivity contribution in [3.05, 3.63) is 59.1 Å². The standard InChI is InChI=1S/C28H38ClN3O4S/c1-27(2,3)37(35,36)31-24-10-4-20(5-11-24)26(33)30-23-12-14-25(15-13-23)32-18-16-28(34,17-19-32)21-6-8-22(29)9-7-21/h6-9,12-15,20,24,31,34H,4-5,10-11,16-19H2,1-3H3,(H,30,33). The van der Waals surface area contributed by atoms with E-state index in [2.05, 4.69) is 14.9 Å². The van der Waals surface area contributed by atoms with Gasteiger partial charge in [-0.25, -0.2) is 13.1 Å². The molecule has 2 aliphatic rings. The molecule has 1 saturated heterocycles. The van der Waals surface area contributed by atoms with Gasteiger partial charge in [-0.15, -0.1) is 0 Å². The highest BCUT2D eigenvalue weighted by molar-refractivity contribution is 7.90. The average molecular weight is 548 g/mol. The number of rotatable bonds is 6. The van der Waals surface area contributed by atoms with E-state index in [-0.39, 0.29) is 17.9 Å². The molecule has 0 bridgehead atoms. The van der Waals surface area contributed by atoms with Gasteiger partial charge in [0.25, 0.3) is 0 Å². The second kappa shape index (κ2) is 10.9. The first-order valence-corrected chi connectivity index (χ1v) is 14.9. The van der Waals surface area contributed by atoms with E-state index in [1.54, 1.807) is 20.8 Å². The summed E-state index contributed by atoms with van der Waals surface area (Å²) in [6, 6.07) is 15.1. The Bertz CT molecular complexity index is 1180. The third kappa shape index (κ3) is 6.66. The number of nitrogens with one attached hydrogen (secondary N) is 2. The minimum Gasteiger partial charge on any atom is -0.385 e. The van der Waals surface area contributed by atoms with Crippen molar-refractivity contribution in [3.63, 3.8) is 0 Å². The quantitative estimate of drug-likeness (QED) is 0.470. The van der Waals surface area contributed by atoms with E-state index in [0.29, 0.717) is 43.5 Å². The number of nitrogens with zero attached hydrogens (tertiary/aromatic N) is 1. The molecule has 0 radical (unpaired) electrons. The van der Waals surface area contributed by atoms with Gasteiger partial charge in [-0.1, -0.05) is 23.7 Å². The van der Waals surface area contributed by atoms with Gasteiger partial charge in [0.05, 0.1) is 10.3 Å². The number of hydrogen-bond donors (Lipinski definition) is 3. The lowest BCUT2D eigenvalue weighted by Gasteiger charge is -2.39. The number of sulfonamides is 1. The first kappa shape index (κ1) is 27.9. The molecule has 1 aliphatic heterocycles. The summed E-state index contributed by atoms with van der Waals surface area (Å²) in [6.45, 7) is 6.52. The molecule has 202 valence electrons. The van der Waals surface area contributed by atoms with Gasteiger partial charge in [0.15, 0.2) is 0 Å². The molecule has 0 atom stereocenters. The number of hydrogen-bond acceptors (Lipinski definition) is 5. The summed E-state index contributed by atoms with van der Waals surface area (Å²) in [5.41, 5.74) is 1.86. The molecule has 2 aromatic carbocycles. The van der Waals surface area contributed by atoms with E-state index in [1.165, 1.54) is 0 Å². The van der Waals surface area contributed by atoms with Gasteiger partial charge < -0.3 is 15.3 Å². The van der Waals surface area contributed by atoms with Crippen LogP contribution in [0.1, 0.15) is 64.9 Å². The molecular formula is C28H38ClN3O4S. The summed E-state index contributed by atoms with van der Waals surface area (Å²) >= 11 is 5.99. The molecule has 3 N–H and O–H groups in total.